The van der Waals surface area contributed by atoms with Gasteiger partial charge >= 0.3 is 0 Å². The van der Waals surface area contributed by atoms with Crippen molar-refractivity contribution in [3.8, 4) is 5.75 Å². The number of methoxy groups -OCH3 is 1. The fourth-order valence-electron chi connectivity index (χ4n) is 5.56. The first-order valence-electron chi connectivity index (χ1n) is 14.8. The summed E-state index contributed by atoms with van der Waals surface area (Å²) in [7, 11) is 1.70. The largest absolute Gasteiger partial charge is 0.495 e. The molecule has 3 aromatic carbocycles. The van der Waals surface area contributed by atoms with Crippen LogP contribution in [0.4, 0.5) is 17.1 Å². The number of benzene rings is 3. The molecule has 2 aliphatic heterocycles. The molecular formula is C33H41N5O4. The van der Waals surface area contributed by atoms with Crippen LogP contribution in [0.5, 0.6) is 5.75 Å². The Morgan fingerprint density at radius 1 is 0.833 bits per heavy atom. The third kappa shape index (κ3) is 7.80. The molecule has 2 fully saturated rings. The minimum atomic E-state index is -0.127. The van der Waals surface area contributed by atoms with E-state index in [1.54, 1.807) is 7.11 Å². The first-order chi connectivity index (χ1) is 20.6. The molecule has 2 aliphatic rings. The first-order valence-corrected chi connectivity index (χ1v) is 14.8. The van der Waals surface area contributed by atoms with Gasteiger partial charge in [-0.2, -0.15) is 0 Å². The van der Waals surface area contributed by atoms with Gasteiger partial charge in [0.2, 0.25) is 5.91 Å². The molecular weight excluding hydrogens is 530 g/mol. The lowest BCUT2D eigenvalue weighted by Crippen LogP contribution is -2.47. The van der Waals surface area contributed by atoms with Gasteiger partial charge in [0.05, 0.1) is 38.0 Å². The van der Waals surface area contributed by atoms with E-state index in [0.717, 1.165) is 88.1 Å². The Morgan fingerprint density at radius 3 is 2.26 bits per heavy atom. The number of morpholine rings is 1. The second-order valence-corrected chi connectivity index (χ2v) is 10.7. The van der Waals surface area contributed by atoms with Gasteiger partial charge in [-0.05, 0) is 48.9 Å². The van der Waals surface area contributed by atoms with Crippen LogP contribution in [0, 0.1) is 0 Å². The SMILES string of the molecule is COc1ccccc1N1CCN(c2ccc(NC(=O)Cc3ccccc3)cc2C(=O)NCCCN2CCOCC2)CC1. The Kier molecular flexibility index (Phi) is 10.3. The van der Waals surface area contributed by atoms with Crippen molar-refractivity contribution in [2.24, 2.45) is 0 Å². The number of para-hydroxylation sites is 2. The maximum absolute atomic E-state index is 13.5. The molecule has 222 valence electrons. The van der Waals surface area contributed by atoms with E-state index in [2.05, 4.69) is 31.4 Å². The normalized spacial score (nSPS) is 15.7. The molecule has 2 amide bonds. The molecule has 2 N–H and O–H groups in total. The van der Waals surface area contributed by atoms with Gasteiger partial charge in [-0.15, -0.1) is 0 Å². The lowest BCUT2D eigenvalue weighted by Gasteiger charge is -2.38. The first kappa shape index (κ1) is 29.4. The van der Waals surface area contributed by atoms with Crippen LogP contribution in [0.1, 0.15) is 22.3 Å². The molecule has 9 nitrogen and oxygen atoms in total. The fourth-order valence-corrected chi connectivity index (χ4v) is 5.56. The van der Waals surface area contributed by atoms with Crippen molar-refractivity contribution >= 4 is 28.9 Å². The van der Waals surface area contributed by atoms with Crippen LogP contribution < -0.4 is 25.2 Å². The van der Waals surface area contributed by atoms with Gasteiger partial charge in [0.25, 0.3) is 5.91 Å². The maximum atomic E-state index is 13.5. The maximum Gasteiger partial charge on any atom is 0.253 e. The molecule has 2 heterocycles. The highest BCUT2D eigenvalue weighted by molar-refractivity contribution is 6.02. The average molecular weight is 572 g/mol. The predicted molar refractivity (Wildman–Crippen MR) is 167 cm³/mol. The van der Waals surface area contributed by atoms with Gasteiger partial charge < -0.3 is 29.9 Å². The predicted octanol–water partition coefficient (Wildman–Crippen LogP) is 3.66. The summed E-state index contributed by atoms with van der Waals surface area (Å²) < 4.78 is 11.0. The summed E-state index contributed by atoms with van der Waals surface area (Å²) in [6, 6.07) is 23.4. The zero-order valence-electron chi connectivity index (χ0n) is 24.4. The average Bonchev–Trinajstić information content (AvgIpc) is 3.04. The molecule has 0 aromatic heterocycles. The van der Waals surface area contributed by atoms with Crippen molar-refractivity contribution in [1.82, 2.24) is 10.2 Å². The van der Waals surface area contributed by atoms with Crippen molar-refractivity contribution in [2.75, 3.05) is 87.8 Å². The van der Waals surface area contributed by atoms with Gasteiger partial charge in [0.15, 0.2) is 0 Å². The Labute approximate surface area is 248 Å². The quantitative estimate of drug-likeness (QED) is 0.340. The number of nitrogens with one attached hydrogen (secondary N) is 2. The van der Waals surface area contributed by atoms with Crippen LogP contribution in [0.25, 0.3) is 0 Å². The van der Waals surface area contributed by atoms with Gasteiger partial charge in [-0.1, -0.05) is 42.5 Å². The zero-order valence-corrected chi connectivity index (χ0v) is 24.4. The molecule has 2 saturated heterocycles. The number of piperazine rings is 1. The van der Waals surface area contributed by atoms with Crippen molar-refractivity contribution in [1.29, 1.82) is 0 Å². The van der Waals surface area contributed by atoms with Crippen molar-refractivity contribution in [3.63, 3.8) is 0 Å². The molecule has 5 rings (SSSR count). The van der Waals surface area contributed by atoms with Crippen LogP contribution in [0.2, 0.25) is 0 Å². The Balaban J connectivity index is 1.27. The van der Waals surface area contributed by atoms with Crippen LogP contribution in [-0.2, 0) is 16.0 Å². The number of rotatable bonds is 11. The summed E-state index contributed by atoms with van der Waals surface area (Å²) in [6.07, 6.45) is 1.14. The monoisotopic (exact) mass is 571 g/mol. The van der Waals surface area contributed by atoms with Crippen molar-refractivity contribution < 1.29 is 19.1 Å². The van der Waals surface area contributed by atoms with E-state index < -0.39 is 0 Å². The second kappa shape index (κ2) is 14.7. The van der Waals surface area contributed by atoms with E-state index >= 15 is 0 Å². The number of ether oxygens (including phenoxy) is 2. The summed E-state index contributed by atoms with van der Waals surface area (Å²) in [4.78, 5) is 33.3. The fraction of sp³-hybridized carbons (Fsp3) is 0.394. The molecule has 0 aliphatic carbocycles. The van der Waals surface area contributed by atoms with Gasteiger partial charge in [0, 0.05) is 57.2 Å². The van der Waals surface area contributed by atoms with E-state index in [1.165, 1.54) is 0 Å². The standard InChI is InChI=1S/C33H41N5O4/c1-41-31-11-6-5-10-30(31)38-18-16-37(17-19-38)29-13-12-27(35-32(39)24-26-8-3-2-4-9-26)25-28(29)33(40)34-14-7-15-36-20-22-42-23-21-36/h2-6,8-13,25H,7,14-24H2,1H3,(H,34,40)(H,35,39). The third-order valence-electron chi connectivity index (χ3n) is 7.82. The number of anilines is 3. The third-order valence-corrected chi connectivity index (χ3v) is 7.82. The Bertz CT molecular complexity index is 1320. The molecule has 0 saturated carbocycles. The molecule has 0 bridgehead atoms. The summed E-state index contributed by atoms with van der Waals surface area (Å²) >= 11 is 0. The van der Waals surface area contributed by atoms with Crippen LogP contribution in [-0.4, -0.2) is 89.4 Å². The highest BCUT2D eigenvalue weighted by atomic mass is 16.5. The highest BCUT2D eigenvalue weighted by Crippen LogP contribution is 2.31. The van der Waals surface area contributed by atoms with Crippen molar-refractivity contribution in [3.05, 3.63) is 83.9 Å². The second-order valence-electron chi connectivity index (χ2n) is 10.7. The topological polar surface area (TPSA) is 86.4 Å². The van der Waals surface area contributed by atoms with Gasteiger partial charge in [-0.25, -0.2) is 0 Å². The molecule has 0 unspecified atom stereocenters. The number of nitrogens with zero attached hydrogens (tertiary/aromatic N) is 3. The molecule has 0 spiro atoms. The number of hydrogen-bond acceptors (Lipinski definition) is 7. The van der Waals surface area contributed by atoms with E-state index in [-0.39, 0.29) is 18.2 Å². The highest BCUT2D eigenvalue weighted by Gasteiger charge is 2.24. The van der Waals surface area contributed by atoms with E-state index in [1.807, 2.05) is 66.7 Å². The Hall–Kier alpha value is -4.08. The Morgan fingerprint density at radius 2 is 1.52 bits per heavy atom. The molecule has 0 radical (unpaired) electrons. The van der Waals surface area contributed by atoms with E-state index in [0.29, 0.717) is 17.8 Å². The minimum absolute atomic E-state index is 0.115. The zero-order chi connectivity index (χ0) is 29.1. The molecule has 0 atom stereocenters. The number of carbonyl (C=O) groups excluding carboxylic acids is 2. The summed E-state index contributed by atoms with van der Waals surface area (Å²) in [5.41, 5.74) is 4.09. The summed E-state index contributed by atoms with van der Waals surface area (Å²) in [5, 5.41) is 6.11. The van der Waals surface area contributed by atoms with Crippen LogP contribution >= 0.6 is 0 Å². The van der Waals surface area contributed by atoms with Crippen LogP contribution in [0.15, 0.2) is 72.8 Å². The van der Waals surface area contributed by atoms with E-state index in [9.17, 15) is 9.59 Å². The smallest absolute Gasteiger partial charge is 0.253 e. The molecule has 9 heteroatoms. The summed E-state index contributed by atoms with van der Waals surface area (Å²) in [5.74, 6) is 0.619. The van der Waals surface area contributed by atoms with Crippen molar-refractivity contribution in [2.45, 2.75) is 12.8 Å². The lowest BCUT2D eigenvalue weighted by molar-refractivity contribution is -0.115. The van der Waals surface area contributed by atoms with Gasteiger partial charge in [-0.3, -0.25) is 14.5 Å². The molecule has 42 heavy (non-hydrogen) atoms. The number of amides is 2. The number of carbonyl (C=O) groups is 2. The summed E-state index contributed by atoms with van der Waals surface area (Å²) in [6.45, 7) is 8.04. The van der Waals surface area contributed by atoms with Crippen LogP contribution in [0.3, 0.4) is 0 Å². The lowest BCUT2D eigenvalue weighted by atomic mass is 10.1. The van der Waals surface area contributed by atoms with Gasteiger partial charge in [0.1, 0.15) is 5.75 Å². The van der Waals surface area contributed by atoms with E-state index in [4.69, 9.17) is 9.47 Å². The minimum Gasteiger partial charge on any atom is -0.495 e. The molecule has 3 aromatic rings. The number of hydrogen-bond donors (Lipinski definition) is 2.